The summed E-state index contributed by atoms with van der Waals surface area (Å²) < 4.78 is 22.7. The van der Waals surface area contributed by atoms with Crippen molar-refractivity contribution in [2.75, 3.05) is 6.26 Å². The zero-order valence-electron chi connectivity index (χ0n) is 11.3. The van der Waals surface area contributed by atoms with Crippen molar-refractivity contribution < 1.29 is 13.5 Å². The van der Waals surface area contributed by atoms with Gasteiger partial charge in [-0.15, -0.1) is 6.58 Å². The van der Waals surface area contributed by atoms with Gasteiger partial charge >= 0.3 is 0 Å². The molecule has 0 radical (unpaired) electrons. The molecule has 0 aromatic heterocycles. The van der Waals surface area contributed by atoms with E-state index in [9.17, 15) is 13.5 Å². The molecule has 0 aliphatic carbocycles. The van der Waals surface area contributed by atoms with Crippen LogP contribution >= 0.6 is 0 Å². The first-order chi connectivity index (χ1) is 8.02. The van der Waals surface area contributed by atoms with Crippen LogP contribution in [-0.2, 0) is 15.4 Å². The minimum absolute atomic E-state index is 0.249. The summed E-state index contributed by atoms with van der Waals surface area (Å²) in [4.78, 5) is 0.249. The predicted octanol–water partition coefficient (Wildman–Crippen LogP) is 2.51. The molecule has 1 aromatic carbocycles. The minimum atomic E-state index is -3.21. The average molecular weight is 268 g/mol. The minimum Gasteiger partial charge on any atom is -0.385 e. The number of hydrogen-bond donors (Lipinski definition) is 1. The lowest BCUT2D eigenvalue weighted by Crippen LogP contribution is -2.37. The SMILES string of the molecule is C=CC(C)(C)[C@](C)(O)c1ccc(S(C)(=O)=O)cc1. The van der Waals surface area contributed by atoms with Crippen molar-refractivity contribution in [3.05, 3.63) is 42.5 Å². The number of rotatable bonds is 4. The number of aliphatic hydroxyl groups is 1. The molecule has 0 aliphatic rings. The molecule has 1 atom stereocenters. The molecule has 1 rings (SSSR count). The maximum atomic E-state index is 11.4. The van der Waals surface area contributed by atoms with Gasteiger partial charge in [0.1, 0.15) is 0 Å². The highest BCUT2D eigenvalue weighted by molar-refractivity contribution is 7.90. The highest BCUT2D eigenvalue weighted by atomic mass is 32.2. The average Bonchev–Trinajstić information content (AvgIpc) is 2.27. The molecular formula is C14H20O3S. The van der Waals surface area contributed by atoms with Crippen molar-refractivity contribution in [2.45, 2.75) is 31.3 Å². The molecule has 0 saturated carbocycles. The van der Waals surface area contributed by atoms with Crippen molar-refractivity contribution in [2.24, 2.45) is 5.41 Å². The normalized spacial score (nSPS) is 16.1. The summed E-state index contributed by atoms with van der Waals surface area (Å²) in [5.74, 6) is 0. The zero-order chi connectivity index (χ0) is 14.2. The number of sulfone groups is 1. The fourth-order valence-corrected chi connectivity index (χ4v) is 2.23. The first kappa shape index (κ1) is 14.9. The van der Waals surface area contributed by atoms with E-state index in [2.05, 4.69) is 6.58 Å². The topological polar surface area (TPSA) is 54.4 Å². The lowest BCUT2D eigenvalue weighted by atomic mass is 9.72. The molecule has 3 nitrogen and oxygen atoms in total. The van der Waals surface area contributed by atoms with Gasteiger partial charge in [0.2, 0.25) is 0 Å². The van der Waals surface area contributed by atoms with Crippen molar-refractivity contribution in [1.29, 1.82) is 0 Å². The molecule has 0 bridgehead atoms. The lowest BCUT2D eigenvalue weighted by Gasteiger charge is -2.38. The zero-order valence-corrected chi connectivity index (χ0v) is 12.1. The third-order valence-corrected chi connectivity index (χ3v) is 4.74. The van der Waals surface area contributed by atoms with E-state index in [1.54, 1.807) is 25.1 Å². The van der Waals surface area contributed by atoms with Crippen LogP contribution in [0.3, 0.4) is 0 Å². The molecule has 0 spiro atoms. The molecule has 0 unspecified atom stereocenters. The quantitative estimate of drug-likeness (QED) is 0.854. The second-order valence-corrected chi connectivity index (χ2v) is 7.31. The molecule has 1 aromatic rings. The van der Waals surface area contributed by atoms with Crippen LogP contribution < -0.4 is 0 Å². The van der Waals surface area contributed by atoms with Gasteiger partial charge in [-0.25, -0.2) is 8.42 Å². The Morgan fingerprint density at radius 1 is 1.17 bits per heavy atom. The van der Waals surface area contributed by atoms with E-state index in [-0.39, 0.29) is 4.90 Å². The second-order valence-electron chi connectivity index (χ2n) is 5.29. The Labute approximate surface area is 109 Å². The van der Waals surface area contributed by atoms with E-state index < -0.39 is 20.9 Å². The van der Waals surface area contributed by atoms with Crippen molar-refractivity contribution in [1.82, 2.24) is 0 Å². The van der Waals surface area contributed by atoms with Crippen molar-refractivity contribution in [3.63, 3.8) is 0 Å². The Balaban J connectivity index is 3.25. The first-order valence-corrected chi connectivity index (χ1v) is 7.58. The molecule has 0 amide bonds. The van der Waals surface area contributed by atoms with Crippen LogP contribution in [0.25, 0.3) is 0 Å². The van der Waals surface area contributed by atoms with E-state index in [4.69, 9.17) is 0 Å². The molecule has 0 saturated heterocycles. The largest absolute Gasteiger partial charge is 0.385 e. The molecule has 0 heterocycles. The van der Waals surface area contributed by atoms with E-state index in [1.165, 1.54) is 12.1 Å². The Bertz CT molecular complexity index is 537. The van der Waals surface area contributed by atoms with Gasteiger partial charge in [0.15, 0.2) is 9.84 Å². The van der Waals surface area contributed by atoms with Gasteiger partial charge in [0, 0.05) is 11.7 Å². The lowest BCUT2D eigenvalue weighted by molar-refractivity contribution is -0.0307. The van der Waals surface area contributed by atoms with Gasteiger partial charge in [-0.05, 0) is 24.6 Å². The van der Waals surface area contributed by atoms with Gasteiger partial charge in [-0.3, -0.25) is 0 Å². The standard InChI is InChI=1S/C14H20O3S/c1-6-13(2,3)14(4,15)11-7-9-12(10-8-11)18(5,16)17/h6-10,15H,1H2,2-5H3/t14-/m1/s1. The monoisotopic (exact) mass is 268 g/mol. The van der Waals surface area contributed by atoms with Gasteiger partial charge in [-0.1, -0.05) is 32.1 Å². The van der Waals surface area contributed by atoms with Gasteiger partial charge in [-0.2, -0.15) is 0 Å². The van der Waals surface area contributed by atoms with Gasteiger partial charge in [0.25, 0.3) is 0 Å². The third kappa shape index (κ3) is 2.65. The van der Waals surface area contributed by atoms with Crippen LogP contribution in [-0.4, -0.2) is 19.8 Å². The Hall–Kier alpha value is -1.13. The Kier molecular flexibility index (Phi) is 3.75. The van der Waals surface area contributed by atoms with E-state index in [0.717, 1.165) is 6.26 Å². The van der Waals surface area contributed by atoms with Gasteiger partial charge in [0.05, 0.1) is 10.5 Å². The molecule has 4 heteroatoms. The van der Waals surface area contributed by atoms with Crippen molar-refractivity contribution >= 4 is 9.84 Å². The summed E-state index contributed by atoms with van der Waals surface area (Å²) >= 11 is 0. The maximum Gasteiger partial charge on any atom is 0.175 e. The molecule has 0 fully saturated rings. The Morgan fingerprint density at radius 3 is 1.94 bits per heavy atom. The summed E-state index contributed by atoms with van der Waals surface area (Å²) in [5, 5.41) is 10.6. The number of hydrogen-bond acceptors (Lipinski definition) is 3. The van der Waals surface area contributed by atoms with Crippen molar-refractivity contribution in [3.8, 4) is 0 Å². The molecular weight excluding hydrogens is 248 g/mol. The summed E-state index contributed by atoms with van der Waals surface area (Å²) in [5.41, 5.74) is -0.954. The predicted molar refractivity (Wildman–Crippen MR) is 73.1 cm³/mol. The van der Waals surface area contributed by atoms with Crippen LogP contribution in [0.4, 0.5) is 0 Å². The smallest absolute Gasteiger partial charge is 0.175 e. The molecule has 18 heavy (non-hydrogen) atoms. The van der Waals surface area contributed by atoms with E-state index in [0.29, 0.717) is 5.56 Å². The Morgan fingerprint density at radius 2 is 1.61 bits per heavy atom. The summed E-state index contributed by atoms with van der Waals surface area (Å²) in [6, 6.07) is 6.31. The fourth-order valence-electron chi connectivity index (χ4n) is 1.60. The van der Waals surface area contributed by atoms with Crippen LogP contribution in [0.15, 0.2) is 41.8 Å². The highest BCUT2D eigenvalue weighted by Crippen LogP contribution is 2.40. The molecule has 100 valence electrons. The van der Waals surface area contributed by atoms with Crippen LogP contribution in [0, 0.1) is 5.41 Å². The van der Waals surface area contributed by atoms with Crippen LogP contribution in [0.1, 0.15) is 26.3 Å². The summed E-state index contributed by atoms with van der Waals surface area (Å²) in [7, 11) is -3.21. The third-order valence-electron chi connectivity index (χ3n) is 3.61. The van der Waals surface area contributed by atoms with Crippen LogP contribution in [0.2, 0.25) is 0 Å². The summed E-state index contributed by atoms with van der Waals surface area (Å²) in [6.07, 6.45) is 2.85. The van der Waals surface area contributed by atoms with E-state index >= 15 is 0 Å². The van der Waals surface area contributed by atoms with E-state index in [1.807, 2.05) is 13.8 Å². The first-order valence-electron chi connectivity index (χ1n) is 5.69. The maximum absolute atomic E-state index is 11.4. The van der Waals surface area contributed by atoms with Gasteiger partial charge < -0.3 is 5.11 Å². The molecule has 0 aliphatic heterocycles. The highest BCUT2D eigenvalue weighted by Gasteiger charge is 2.38. The fraction of sp³-hybridized carbons (Fsp3) is 0.429. The number of benzene rings is 1. The summed E-state index contributed by atoms with van der Waals surface area (Å²) in [6.45, 7) is 9.18. The second kappa shape index (κ2) is 4.52. The van der Waals surface area contributed by atoms with Crippen LogP contribution in [0.5, 0.6) is 0 Å². The molecule has 1 N–H and O–H groups in total.